The van der Waals surface area contributed by atoms with Crippen molar-refractivity contribution in [3.63, 3.8) is 0 Å². The highest BCUT2D eigenvalue weighted by molar-refractivity contribution is 7.13. The van der Waals surface area contributed by atoms with Crippen LogP contribution in [0.3, 0.4) is 0 Å². The molecule has 1 N–H and O–H groups in total. The first-order chi connectivity index (χ1) is 9.56. The van der Waals surface area contributed by atoms with Crippen molar-refractivity contribution in [2.24, 2.45) is 0 Å². The molecule has 1 unspecified atom stereocenters. The van der Waals surface area contributed by atoms with Gasteiger partial charge in [0.25, 0.3) is 0 Å². The van der Waals surface area contributed by atoms with Crippen LogP contribution in [0.5, 0.6) is 0 Å². The van der Waals surface area contributed by atoms with E-state index >= 15 is 0 Å². The number of nitrogens with zero attached hydrogens (tertiary/aromatic N) is 2. The molecule has 1 atom stereocenters. The van der Waals surface area contributed by atoms with E-state index in [0.717, 1.165) is 22.8 Å². The Bertz CT molecular complexity index is 522. The van der Waals surface area contributed by atoms with E-state index in [2.05, 4.69) is 36.3 Å². The highest BCUT2D eigenvalue weighted by atomic mass is 32.1. The molecule has 3 nitrogen and oxygen atoms in total. The molecule has 0 saturated carbocycles. The van der Waals surface area contributed by atoms with Crippen molar-refractivity contribution >= 4 is 11.3 Å². The van der Waals surface area contributed by atoms with Crippen LogP contribution in [-0.2, 0) is 6.54 Å². The Morgan fingerprint density at radius 3 is 2.50 bits per heavy atom. The third-order valence-electron chi connectivity index (χ3n) is 3.17. The van der Waals surface area contributed by atoms with E-state index in [1.807, 2.05) is 25.1 Å². The second-order valence-corrected chi connectivity index (χ2v) is 6.24. The van der Waals surface area contributed by atoms with Crippen LogP contribution < -0.4 is 0 Å². The topological polar surface area (TPSA) is 36.4 Å². The van der Waals surface area contributed by atoms with Gasteiger partial charge >= 0.3 is 0 Å². The zero-order valence-corrected chi connectivity index (χ0v) is 13.1. The fourth-order valence-electron chi connectivity index (χ4n) is 2.10. The van der Waals surface area contributed by atoms with Gasteiger partial charge in [0.05, 0.1) is 11.8 Å². The predicted octanol–water partition coefficient (Wildman–Crippen LogP) is 3.40. The molecule has 0 amide bonds. The maximum Gasteiger partial charge on any atom is 0.123 e. The summed E-state index contributed by atoms with van der Waals surface area (Å²) in [4.78, 5) is 6.95. The van der Waals surface area contributed by atoms with E-state index in [9.17, 15) is 5.11 Å². The average Bonchev–Trinajstić information content (AvgIpc) is 2.87. The molecule has 0 aliphatic heterocycles. The number of aliphatic hydroxyl groups is 1. The van der Waals surface area contributed by atoms with E-state index in [-0.39, 0.29) is 6.10 Å². The SMILES string of the molecule is CC(O)CN(Cc1csc(-c2ccccc2)n1)C(C)C. The second-order valence-electron chi connectivity index (χ2n) is 5.38. The Morgan fingerprint density at radius 2 is 1.90 bits per heavy atom. The summed E-state index contributed by atoms with van der Waals surface area (Å²) in [5.74, 6) is 0. The lowest BCUT2D eigenvalue weighted by Crippen LogP contribution is -2.36. The smallest absolute Gasteiger partial charge is 0.123 e. The summed E-state index contributed by atoms with van der Waals surface area (Å²) in [5, 5.41) is 12.7. The van der Waals surface area contributed by atoms with Crippen LogP contribution in [0.4, 0.5) is 0 Å². The minimum absolute atomic E-state index is 0.315. The molecule has 1 aromatic carbocycles. The summed E-state index contributed by atoms with van der Waals surface area (Å²) >= 11 is 1.67. The largest absolute Gasteiger partial charge is 0.392 e. The first-order valence-corrected chi connectivity index (χ1v) is 7.86. The van der Waals surface area contributed by atoms with Crippen molar-refractivity contribution in [1.29, 1.82) is 0 Å². The van der Waals surface area contributed by atoms with Crippen LogP contribution in [-0.4, -0.2) is 33.7 Å². The molecular formula is C16H22N2OS. The Kier molecular flexibility index (Phi) is 5.29. The molecule has 0 bridgehead atoms. The molecule has 1 aromatic heterocycles. The maximum absolute atomic E-state index is 9.57. The summed E-state index contributed by atoms with van der Waals surface area (Å²) in [6.07, 6.45) is -0.315. The number of hydrogen-bond acceptors (Lipinski definition) is 4. The number of hydrogen-bond donors (Lipinski definition) is 1. The first-order valence-electron chi connectivity index (χ1n) is 6.98. The van der Waals surface area contributed by atoms with Gasteiger partial charge in [-0.1, -0.05) is 30.3 Å². The molecule has 4 heteroatoms. The van der Waals surface area contributed by atoms with Crippen LogP contribution in [0.1, 0.15) is 26.5 Å². The van der Waals surface area contributed by atoms with Crippen molar-refractivity contribution in [2.45, 2.75) is 39.5 Å². The molecule has 0 saturated heterocycles. The van der Waals surface area contributed by atoms with Gasteiger partial charge in [-0.3, -0.25) is 4.90 Å². The zero-order chi connectivity index (χ0) is 14.5. The molecular weight excluding hydrogens is 268 g/mol. The van der Waals surface area contributed by atoms with E-state index in [1.165, 1.54) is 0 Å². The van der Waals surface area contributed by atoms with Crippen molar-refractivity contribution in [1.82, 2.24) is 9.88 Å². The minimum Gasteiger partial charge on any atom is -0.392 e. The standard InChI is InChI=1S/C16H22N2OS/c1-12(2)18(9-13(3)19)10-15-11-20-16(17-15)14-7-5-4-6-8-14/h4-8,11-13,19H,9-10H2,1-3H3. The van der Waals surface area contributed by atoms with Gasteiger partial charge in [-0.05, 0) is 20.8 Å². The van der Waals surface area contributed by atoms with Crippen LogP contribution in [0.25, 0.3) is 10.6 Å². The number of rotatable bonds is 6. The fraction of sp³-hybridized carbons (Fsp3) is 0.438. The molecule has 1 heterocycles. The molecule has 108 valence electrons. The summed E-state index contributed by atoms with van der Waals surface area (Å²) in [6, 6.07) is 10.6. The Labute approximate surface area is 124 Å². The van der Waals surface area contributed by atoms with Crippen LogP contribution in [0.2, 0.25) is 0 Å². The first kappa shape index (κ1) is 15.2. The monoisotopic (exact) mass is 290 g/mol. The normalized spacial score (nSPS) is 13.1. The van der Waals surface area contributed by atoms with Gasteiger partial charge in [-0.2, -0.15) is 0 Å². The van der Waals surface area contributed by atoms with Gasteiger partial charge in [-0.25, -0.2) is 4.98 Å². The van der Waals surface area contributed by atoms with Crippen LogP contribution in [0.15, 0.2) is 35.7 Å². The van der Waals surface area contributed by atoms with Gasteiger partial charge in [0.15, 0.2) is 0 Å². The van der Waals surface area contributed by atoms with Gasteiger partial charge in [0, 0.05) is 30.1 Å². The quantitative estimate of drug-likeness (QED) is 0.886. The number of benzene rings is 1. The van der Waals surface area contributed by atoms with Crippen molar-refractivity contribution in [3.8, 4) is 10.6 Å². The van der Waals surface area contributed by atoms with Gasteiger partial charge in [0.2, 0.25) is 0 Å². The predicted molar refractivity (Wildman–Crippen MR) is 84.8 cm³/mol. The summed E-state index contributed by atoms with van der Waals surface area (Å²) in [7, 11) is 0. The van der Waals surface area contributed by atoms with E-state index in [0.29, 0.717) is 12.6 Å². The van der Waals surface area contributed by atoms with E-state index in [4.69, 9.17) is 4.98 Å². The van der Waals surface area contributed by atoms with E-state index in [1.54, 1.807) is 11.3 Å². The lowest BCUT2D eigenvalue weighted by Gasteiger charge is -2.26. The maximum atomic E-state index is 9.57. The molecule has 2 aromatic rings. The van der Waals surface area contributed by atoms with E-state index < -0.39 is 0 Å². The molecule has 0 aliphatic rings. The Hall–Kier alpha value is -1.23. The lowest BCUT2D eigenvalue weighted by molar-refractivity contribution is 0.102. The summed E-state index contributed by atoms with van der Waals surface area (Å²) < 4.78 is 0. The van der Waals surface area contributed by atoms with Crippen LogP contribution in [0, 0.1) is 0 Å². The average molecular weight is 290 g/mol. The van der Waals surface area contributed by atoms with Gasteiger partial charge < -0.3 is 5.11 Å². The van der Waals surface area contributed by atoms with Crippen molar-refractivity contribution in [3.05, 3.63) is 41.4 Å². The lowest BCUT2D eigenvalue weighted by atomic mass is 10.2. The minimum atomic E-state index is -0.315. The molecule has 20 heavy (non-hydrogen) atoms. The Balaban J connectivity index is 2.08. The fourth-order valence-corrected chi connectivity index (χ4v) is 2.92. The highest BCUT2D eigenvalue weighted by Gasteiger charge is 2.14. The Morgan fingerprint density at radius 1 is 1.20 bits per heavy atom. The second kappa shape index (κ2) is 6.97. The third-order valence-corrected chi connectivity index (χ3v) is 4.11. The van der Waals surface area contributed by atoms with Gasteiger partial charge in [-0.15, -0.1) is 11.3 Å². The highest BCUT2D eigenvalue weighted by Crippen LogP contribution is 2.24. The van der Waals surface area contributed by atoms with Crippen molar-refractivity contribution in [2.75, 3.05) is 6.54 Å². The summed E-state index contributed by atoms with van der Waals surface area (Å²) in [6.45, 7) is 7.58. The molecule has 0 radical (unpaired) electrons. The van der Waals surface area contributed by atoms with Gasteiger partial charge in [0.1, 0.15) is 5.01 Å². The summed E-state index contributed by atoms with van der Waals surface area (Å²) in [5.41, 5.74) is 2.23. The number of aliphatic hydroxyl groups excluding tert-OH is 1. The molecule has 0 aliphatic carbocycles. The number of aromatic nitrogens is 1. The molecule has 0 fully saturated rings. The van der Waals surface area contributed by atoms with Crippen molar-refractivity contribution < 1.29 is 5.11 Å². The van der Waals surface area contributed by atoms with Crippen LogP contribution >= 0.6 is 11.3 Å². The zero-order valence-electron chi connectivity index (χ0n) is 12.3. The third kappa shape index (κ3) is 4.13. The molecule has 2 rings (SSSR count). The molecule has 0 spiro atoms. The number of thiazole rings is 1.